The molecule has 7 heteroatoms. The van der Waals surface area contributed by atoms with E-state index < -0.39 is 0 Å². The monoisotopic (exact) mass is 371 g/mol. The van der Waals surface area contributed by atoms with E-state index in [0.717, 1.165) is 35.8 Å². The molecule has 4 rings (SSSR count). The quantitative estimate of drug-likeness (QED) is 0.649. The lowest BCUT2D eigenvalue weighted by Gasteiger charge is -2.25. The van der Waals surface area contributed by atoms with E-state index in [1.807, 2.05) is 29.6 Å². The Morgan fingerprint density at radius 1 is 1.27 bits per heavy atom. The van der Waals surface area contributed by atoms with Crippen molar-refractivity contribution >= 4 is 11.3 Å². The molecule has 3 aromatic rings. The number of rotatable bonds is 6. The van der Waals surface area contributed by atoms with Crippen molar-refractivity contribution in [3.8, 4) is 22.2 Å². The van der Waals surface area contributed by atoms with Gasteiger partial charge in [-0.15, -0.1) is 11.3 Å². The van der Waals surface area contributed by atoms with Crippen LogP contribution in [0.3, 0.4) is 0 Å². The minimum Gasteiger partial charge on any atom is -0.497 e. The number of methoxy groups -OCH3 is 2. The smallest absolute Gasteiger partial charge is 0.241 e. The molecule has 1 unspecified atom stereocenters. The van der Waals surface area contributed by atoms with Crippen LogP contribution in [0.4, 0.5) is 0 Å². The first-order valence-electron chi connectivity index (χ1n) is 8.61. The lowest BCUT2D eigenvalue weighted by molar-refractivity contribution is 0.209. The minimum absolute atomic E-state index is 0.271. The summed E-state index contributed by atoms with van der Waals surface area (Å²) in [5, 5.41) is 6.12. The second-order valence-corrected chi connectivity index (χ2v) is 7.17. The van der Waals surface area contributed by atoms with Crippen LogP contribution in [0.25, 0.3) is 10.7 Å². The molecular weight excluding hydrogens is 350 g/mol. The van der Waals surface area contributed by atoms with Gasteiger partial charge in [-0.2, -0.15) is 4.98 Å². The van der Waals surface area contributed by atoms with Crippen LogP contribution in [-0.4, -0.2) is 35.8 Å². The van der Waals surface area contributed by atoms with Gasteiger partial charge in [0.05, 0.1) is 25.6 Å². The highest BCUT2D eigenvalue weighted by Gasteiger charge is 2.30. The van der Waals surface area contributed by atoms with E-state index in [4.69, 9.17) is 14.0 Å². The van der Waals surface area contributed by atoms with E-state index in [-0.39, 0.29) is 6.04 Å². The number of likely N-dealkylation sites (tertiary alicyclic amines) is 1. The summed E-state index contributed by atoms with van der Waals surface area (Å²) >= 11 is 1.61. The molecule has 3 heterocycles. The minimum atomic E-state index is 0.271. The van der Waals surface area contributed by atoms with E-state index in [0.29, 0.717) is 18.3 Å². The number of ether oxygens (including phenoxy) is 2. The van der Waals surface area contributed by atoms with Gasteiger partial charge in [0.25, 0.3) is 0 Å². The molecule has 0 saturated carbocycles. The van der Waals surface area contributed by atoms with Crippen molar-refractivity contribution in [1.29, 1.82) is 0 Å². The number of nitrogens with zero attached hydrogens (tertiary/aromatic N) is 3. The Labute approximate surface area is 156 Å². The Balaban J connectivity index is 1.54. The molecule has 1 atom stereocenters. The predicted octanol–water partition coefficient (Wildman–Crippen LogP) is 4.15. The fourth-order valence-corrected chi connectivity index (χ4v) is 4.11. The van der Waals surface area contributed by atoms with E-state index in [1.165, 1.54) is 5.56 Å². The Morgan fingerprint density at radius 2 is 2.19 bits per heavy atom. The van der Waals surface area contributed by atoms with Gasteiger partial charge in [-0.05, 0) is 36.9 Å². The summed E-state index contributed by atoms with van der Waals surface area (Å²) in [6.45, 7) is 1.63. The second kappa shape index (κ2) is 7.47. The molecule has 0 spiro atoms. The molecule has 136 valence electrons. The lowest BCUT2D eigenvalue weighted by atomic mass is 10.0. The molecular formula is C19H21N3O3S. The van der Waals surface area contributed by atoms with E-state index in [9.17, 15) is 0 Å². The van der Waals surface area contributed by atoms with Gasteiger partial charge in [0.15, 0.2) is 0 Å². The Bertz CT molecular complexity index is 863. The highest BCUT2D eigenvalue weighted by molar-refractivity contribution is 7.13. The molecule has 1 aliphatic rings. The first kappa shape index (κ1) is 17.1. The summed E-state index contributed by atoms with van der Waals surface area (Å²) < 4.78 is 16.4. The SMILES string of the molecule is COc1ccc(C2CCCN2Cc2nc(-c3cccs3)no2)c(OC)c1. The van der Waals surface area contributed by atoms with E-state index in [1.54, 1.807) is 25.6 Å². The molecule has 1 aliphatic heterocycles. The summed E-state index contributed by atoms with van der Waals surface area (Å²) in [6.07, 6.45) is 2.21. The van der Waals surface area contributed by atoms with E-state index in [2.05, 4.69) is 21.1 Å². The molecule has 26 heavy (non-hydrogen) atoms. The Hall–Kier alpha value is -2.38. The van der Waals surface area contributed by atoms with Gasteiger partial charge in [0.2, 0.25) is 11.7 Å². The van der Waals surface area contributed by atoms with Crippen LogP contribution >= 0.6 is 11.3 Å². The number of thiophene rings is 1. The van der Waals surface area contributed by atoms with Gasteiger partial charge < -0.3 is 14.0 Å². The summed E-state index contributed by atoms with van der Waals surface area (Å²) in [4.78, 5) is 7.95. The normalized spacial score (nSPS) is 17.5. The standard InChI is InChI=1S/C19H21N3O3S/c1-23-13-7-8-14(16(11-13)24-2)15-5-3-9-22(15)12-18-20-19(21-25-18)17-6-4-10-26-17/h4,6-8,10-11,15H,3,5,9,12H2,1-2H3. The first-order valence-corrected chi connectivity index (χ1v) is 9.49. The summed E-state index contributed by atoms with van der Waals surface area (Å²) in [5.74, 6) is 2.96. The summed E-state index contributed by atoms with van der Waals surface area (Å²) in [6, 6.07) is 10.3. The lowest BCUT2D eigenvalue weighted by Crippen LogP contribution is -2.23. The maximum atomic E-state index is 5.60. The molecule has 1 aromatic carbocycles. The third kappa shape index (κ3) is 3.32. The number of aromatic nitrogens is 2. The zero-order valence-electron chi connectivity index (χ0n) is 14.8. The molecule has 1 fully saturated rings. The van der Waals surface area contributed by atoms with Gasteiger partial charge in [-0.3, -0.25) is 4.90 Å². The highest BCUT2D eigenvalue weighted by Crippen LogP contribution is 2.39. The fraction of sp³-hybridized carbons (Fsp3) is 0.368. The van der Waals surface area contributed by atoms with Crippen LogP contribution in [-0.2, 0) is 6.54 Å². The Kier molecular flexibility index (Phi) is 4.90. The van der Waals surface area contributed by atoms with Gasteiger partial charge in [0, 0.05) is 17.7 Å². The molecule has 0 N–H and O–H groups in total. The maximum absolute atomic E-state index is 5.60. The molecule has 1 saturated heterocycles. The van der Waals surface area contributed by atoms with Gasteiger partial charge >= 0.3 is 0 Å². The van der Waals surface area contributed by atoms with Gasteiger partial charge in [0.1, 0.15) is 11.5 Å². The van der Waals surface area contributed by atoms with Crippen molar-refractivity contribution in [1.82, 2.24) is 15.0 Å². The van der Waals surface area contributed by atoms with Crippen molar-refractivity contribution < 1.29 is 14.0 Å². The van der Waals surface area contributed by atoms with Gasteiger partial charge in [-0.1, -0.05) is 17.3 Å². The average molecular weight is 371 g/mol. The van der Waals surface area contributed by atoms with Crippen molar-refractivity contribution in [2.75, 3.05) is 20.8 Å². The van der Waals surface area contributed by atoms with Crippen LogP contribution in [0, 0.1) is 0 Å². The fourth-order valence-electron chi connectivity index (χ4n) is 3.46. The third-order valence-corrected chi connectivity index (χ3v) is 5.58. The average Bonchev–Trinajstić information content (AvgIpc) is 3.43. The molecule has 2 aromatic heterocycles. The second-order valence-electron chi connectivity index (χ2n) is 6.23. The van der Waals surface area contributed by atoms with Crippen LogP contribution in [0.1, 0.15) is 30.3 Å². The molecule has 0 aliphatic carbocycles. The zero-order chi connectivity index (χ0) is 17.9. The number of benzene rings is 1. The van der Waals surface area contributed by atoms with Crippen LogP contribution in [0.5, 0.6) is 11.5 Å². The molecule has 6 nitrogen and oxygen atoms in total. The molecule has 0 bridgehead atoms. The maximum Gasteiger partial charge on any atom is 0.241 e. The number of hydrogen-bond acceptors (Lipinski definition) is 7. The molecule has 0 radical (unpaired) electrons. The van der Waals surface area contributed by atoms with Gasteiger partial charge in [-0.25, -0.2) is 0 Å². The van der Waals surface area contributed by atoms with Crippen LogP contribution in [0.15, 0.2) is 40.2 Å². The van der Waals surface area contributed by atoms with Crippen LogP contribution < -0.4 is 9.47 Å². The van der Waals surface area contributed by atoms with Crippen molar-refractivity contribution in [2.45, 2.75) is 25.4 Å². The highest BCUT2D eigenvalue weighted by atomic mass is 32.1. The van der Waals surface area contributed by atoms with Crippen molar-refractivity contribution in [3.05, 3.63) is 47.2 Å². The topological polar surface area (TPSA) is 60.6 Å². The predicted molar refractivity (Wildman–Crippen MR) is 99.5 cm³/mol. The molecule has 0 amide bonds. The summed E-state index contributed by atoms with van der Waals surface area (Å²) in [7, 11) is 3.36. The van der Waals surface area contributed by atoms with Crippen LogP contribution in [0.2, 0.25) is 0 Å². The van der Waals surface area contributed by atoms with E-state index >= 15 is 0 Å². The summed E-state index contributed by atoms with van der Waals surface area (Å²) in [5.41, 5.74) is 1.17. The van der Waals surface area contributed by atoms with Crippen molar-refractivity contribution in [2.24, 2.45) is 0 Å². The Morgan fingerprint density at radius 3 is 2.96 bits per heavy atom. The first-order chi connectivity index (χ1) is 12.8. The zero-order valence-corrected chi connectivity index (χ0v) is 15.7. The van der Waals surface area contributed by atoms with Crippen molar-refractivity contribution in [3.63, 3.8) is 0 Å². The number of hydrogen-bond donors (Lipinski definition) is 0. The third-order valence-electron chi connectivity index (χ3n) is 4.71. The largest absolute Gasteiger partial charge is 0.497 e.